The summed E-state index contributed by atoms with van der Waals surface area (Å²) in [5.74, 6) is 0.813. The van der Waals surface area contributed by atoms with Crippen LogP contribution >= 0.6 is 0 Å². The van der Waals surface area contributed by atoms with Gasteiger partial charge in [-0.3, -0.25) is 4.98 Å². The van der Waals surface area contributed by atoms with E-state index < -0.39 is 0 Å². The summed E-state index contributed by atoms with van der Waals surface area (Å²) in [6.45, 7) is 3.63. The van der Waals surface area contributed by atoms with Crippen LogP contribution in [0.3, 0.4) is 0 Å². The highest BCUT2D eigenvalue weighted by Crippen LogP contribution is 2.28. The van der Waals surface area contributed by atoms with E-state index in [2.05, 4.69) is 21.9 Å². The van der Waals surface area contributed by atoms with Gasteiger partial charge >= 0.3 is 0 Å². The van der Waals surface area contributed by atoms with E-state index in [-0.39, 0.29) is 0 Å². The Kier molecular flexibility index (Phi) is 1.63. The Hall–Kier alpha value is -1.64. The fourth-order valence-electron chi connectivity index (χ4n) is 1.08. The first-order chi connectivity index (χ1) is 5.90. The van der Waals surface area contributed by atoms with Gasteiger partial charge in [-0.05, 0) is 6.07 Å². The quantitative estimate of drug-likeness (QED) is 0.606. The Bertz CT molecular complexity index is 341. The molecule has 1 aliphatic rings. The van der Waals surface area contributed by atoms with E-state index in [1.165, 1.54) is 0 Å². The van der Waals surface area contributed by atoms with Crippen molar-refractivity contribution in [2.45, 2.75) is 6.42 Å². The fourth-order valence-corrected chi connectivity index (χ4v) is 1.08. The minimum atomic E-state index is 0.717. The van der Waals surface area contributed by atoms with Gasteiger partial charge in [0.25, 0.3) is 0 Å². The van der Waals surface area contributed by atoms with Crippen molar-refractivity contribution in [3.8, 4) is 0 Å². The summed E-state index contributed by atoms with van der Waals surface area (Å²) < 4.78 is 0. The second kappa shape index (κ2) is 2.77. The maximum atomic E-state index is 4.28. The van der Waals surface area contributed by atoms with Crippen molar-refractivity contribution in [2.75, 3.05) is 0 Å². The van der Waals surface area contributed by atoms with E-state index in [0.29, 0.717) is 6.42 Å². The number of hydrogen-bond acceptors (Lipinski definition) is 2. The first-order valence-electron chi connectivity index (χ1n) is 3.74. The molecule has 1 radical (unpaired) electrons. The average Bonchev–Trinajstić information content (AvgIpc) is 2.47. The second-order valence-corrected chi connectivity index (χ2v) is 2.50. The molecule has 0 saturated carbocycles. The number of rotatable bonds is 2. The fraction of sp³-hybridized carbons (Fsp3) is 0.111. The monoisotopic (exact) mass is 158 g/mol. The molecule has 59 valence electrons. The highest BCUT2D eigenvalue weighted by molar-refractivity contribution is 5.96. The molecule has 1 aromatic heterocycles. The van der Waals surface area contributed by atoms with Crippen molar-refractivity contribution in [3.05, 3.63) is 31.1 Å². The van der Waals surface area contributed by atoms with Crippen LogP contribution in [0, 0.1) is 0 Å². The van der Waals surface area contributed by atoms with Crippen LogP contribution in [0.15, 0.2) is 36.1 Å². The third-order valence-corrected chi connectivity index (χ3v) is 1.60. The Morgan fingerprint density at radius 2 is 2.33 bits per heavy atom. The third kappa shape index (κ3) is 1.09. The summed E-state index contributed by atoms with van der Waals surface area (Å²) in [5, 5.41) is 4.26. The molecule has 0 saturated heterocycles. The van der Waals surface area contributed by atoms with E-state index >= 15 is 0 Å². The molecular formula is C9H8N3. The number of aliphatic imine (C=N–C) groups is 1. The summed E-state index contributed by atoms with van der Waals surface area (Å²) in [6, 6.07) is 1.86. The van der Waals surface area contributed by atoms with Crippen LogP contribution in [0.2, 0.25) is 0 Å². The molecule has 0 N–H and O–H groups in total. The number of hydrogen-bond donors (Lipinski definition) is 0. The Balaban J connectivity index is 2.28. The predicted molar refractivity (Wildman–Crippen MR) is 47.9 cm³/mol. The van der Waals surface area contributed by atoms with Crippen molar-refractivity contribution in [2.24, 2.45) is 4.99 Å². The predicted octanol–water partition coefficient (Wildman–Crippen LogP) is 1.94. The molecule has 0 fully saturated rings. The molecule has 3 nitrogen and oxygen atoms in total. The Labute approximate surface area is 70.9 Å². The number of pyridine rings is 1. The van der Waals surface area contributed by atoms with Gasteiger partial charge in [0.1, 0.15) is 11.5 Å². The summed E-state index contributed by atoms with van der Waals surface area (Å²) >= 11 is 0. The van der Waals surface area contributed by atoms with E-state index in [1.807, 2.05) is 6.07 Å². The maximum Gasteiger partial charge on any atom is 0.133 e. The van der Waals surface area contributed by atoms with Crippen molar-refractivity contribution >= 4 is 17.2 Å². The van der Waals surface area contributed by atoms with E-state index in [9.17, 15) is 0 Å². The van der Waals surface area contributed by atoms with Crippen LogP contribution in [-0.4, -0.2) is 10.8 Å². The molecule has 3 heteroatoms. The lowest BCUT2D eigenvalue weighted by molar-refractivity contribution is 1.21. The molecule has 2 rings (SSSR count). The summed E-state index contributed by atoms with van der Waals surface area (Å²) in [7, 11) is 0. The lowest BCUT2D eigenvalue weighted by atomic mass is 10.4. The van der Waals surface area contributed by atoms with E-state index in [0.717, 1.165) is 17.2 Å². The number of amidine groups is 1. The topological polar surface area (TPSA) is 39.4 Å². The van der Waals surface area contributed by atoms with Crippen molar-refractivity contribution in [3.63, 3.8) is 0 Å². The van der Waals surface area contributed by atoms with Gasteiger partial charge in [0.05, 0.1) is 11.9 Å². The minimum absolute atomic E-state index is 0.717. The first-order valence-corrected chi connectivity index (χ1v) is 3.74. The van der Waals surface area contributed by atoms with Crippen LogP contribution in [0.25, 0.3) is 0 Å². The highest BCUT2D eigenvalue weighted by atomic mass is 15.1. The third-order valence-electron chi connectivity index (χ3n) is 1.60. The molecule has 0 bridgehead atoms. The zero-order valence-electron chi connectivity index (χ0n) is 6.57. The normalized spacial score (nSPS) is 13.2. The van der Waals surface area contributed by atoms with Crippen LogP contribution in [0.1, 0.15) is 6.42 Å². The largest absolute Gasteiger partial charge is 0.262 e. The van der Waals surface area contributed by atoms with Crippen LogP contribution in [0.4, 0.5) is 11.4 Å². The van der Waals surface area contributed by atoms with Crippen LogP contribution in [-0.2, 0) is 0 Å². The van der Waals surface area contributed by atoms with Crippen LogP contribution < -0.4 is 5.32 Å². The molecule has 0 unspecified atom stereocenters. The van der Waals surface area contributed by atoms with Gasteiger partial charge in [-0.1, -0.05) is 6.08 Å². The van der Waals surface area contributed by atoms with Crippen molar-refractivity contribution in [1.29, 1.82) is 0 Å². The van der Waals surface area contributed by atoms with E-state index in [4.69, 9.17) is 0 Å². The van der Waals surface area contributed by atoms with Gasteiger partial charge in [0, 0.05) is 12.6 Å². The number of aromatic nitrogens is 1. The zero-order valence-corrected chi connectivity index (χ0v) is 6.57. The molecular weight excluding hydrogens is 150 g/mol. The smallest absolute Gasteiger partial charge is 0.133 e. The summed E-state index contributed by atoms with van der Waals surface area (Å²) in [5.41, 5.74) is 1.76. The molecule has 12 heavy (non-hydrogen) atoms. The SMILES string of the molecule is C=CCC1=Nc2ccncc2[N]1. The summed E-state index contributed by atoms with van der Waals surface area (Å²) in [6.07, 6.45) is 5.94. The highest BCUT2D eigenvalue weighted by Gasteiger charge is 2.13. The van der Waals surface area contributed by atoms with Gasteiger partial charge in [0.2, 0.25) is 0 Å². The average molecular weight is 158 g/mol. The molecule has 1 aliphatic heterocycles. The number of fused-ring (bicyclic) bond motifs is 1. The van der Waals surface area contributed by atoms with Gasteiger partial charge in [0.15, 0.2) is 0 Å². The molecule has 0 atom stereocenters. The Morgan fingerprint density at radius 1 is 1.42 bits per heavy atom. The van der Waals surface area contributed by atoms with Crippen LogP contribution in [0.5, 0.6) is 0 Å². The Morgan fingerprint density at radius 3 is 3.08 bits per heavy atom. The second-order valence-electron chi connectivity index (χ2n) is 2.50. The molecule has 0 aliphatic carbocycles. The zero-order chi connectivity index (χ0) is 8.39. The minimum Gasteiger partial charge on any atom is -0.262 e. The summed E-state index contributed by atoms with van der Waals surface area (Å²) in [4.78, 5) is 8.24. The van der Waals surface area contributed by atoms with Crippen molar-refractivity contribution in [1.82, 2.24) is 10.3 Å². The lowest BCUT2D eigenvalue weighted by Gasteiger charge is -1.93. The van der Waals surface area contributed by atoms with Gasteiger partial charge in [-0.15, -0.1) is 6.58 Å². The molecule has 2 heterocycles. The van der Waals surface area contributed by atoms with Gasteiger partial charge < -0.3 is 0 Å². The molecule has 0 aromatic carbocycles. The van der Waals surface area contributed by atoms with Gasteiger partial charge in [-0.2, -0.15) is 0 Å². The maximum absolute atomic E-state index is 4.28. The molecule has 0 spiro atoms. The first kappa shape index (κ1) is 7.03. The molecule has 1 aromatic rings. The lowest BCUT2D eigenvalue weighted by Crippen LogP contribution is -2.03. The van der Waals surface area contributed by atoms with Gasteiger partial charge in [-0.25, -0.2) is 10.3 Å². The molecule has 0 amide bonds. The number of nitrogens with zero attached hydrogens (tertiary/aromatic N) is 3. The standard InChI is InChI=1S/C9H8N3/c1-2-3-9-11-7-4-5-10-6-8(7)12-9/h2,4-6H,1,3H2. The van der Waals surface area contributed by atoms with Crippen molar-refractivity contribution < 1.29 is 0 Å². The van der Waals surface area contributed by atoms with E-state index in [1.54, 1.807) is 18.5 Å².